The lowest BCUT2D eigenvalue weighted by atomic mass is 10.4. The lowest BCUT2D eigenvalue weighted by molar-refractivity contribution is 0.222. The number of hydrogen-bond acceptors (Lipinski definition) is 6. The molecular weight excluding hydrogens is 324 g/mol. The van der Waals surface area contributed by atoms with Crippen molar-refractivity contribution < 1.29 is 9.15 Å². The van der Waals surface area contributed by atoms with E-state index < -0.39 is 0 Å². The Bertz CT molecular complexity index is 571. The molecule has 0 aliphatic carbocycles. The number of halogens is 1. The van der Waals surface area contributed by atoms with Crippen LogP contribution in [-0.2, 0) is 0 Å². The van der Waals surface area contributed by atoms with Crippen molar-refractivity contribution in [3.63, 3.8) is 0 Å². The van der Waals surface area contributed by atoms with E-state index in [-0.39, 0.29) is 12.1 Å². The molecule has 1 N–H and O–H groups in total. The van der Waals surface area contributed by atoms with Gasteiger partial charge in [-0.05, 0) is 42.3 Å². The van der Waals surface area contributed by atoms with Gasteiger partial charge < -0.3 is 14.5 Å². The number of aromatic nitrogens is 3. The van der Waals surface area contributed by atoms with Crippen LogP contribution in [0.3, 0.4) is 0 Å². The van der Waals surface area contributed by atoms with Crippen LogP contribution in [0.1, 0.15) is 27.2 Å². The molecule has 0 saturated carbocycles. The van der Waals surface area contributed by atoms with E-state index in [0.717, 1.165) is 17.4 Å². The highest BCUT2D eigenvalue weighted by atomic mass is 79.9. The van der Waals surface area contributed by atoms with Crippen molar-refractivity contribution in [2.75, 3.05) is 11.9 Å². The number of rotatable bonds is 6. The van der Waals surface area contributed by atoms with Gasteiger partial charge in [-0.1, -0.05) is 6.92 Å². The zero-order valence-electron chi connectivity index (χ0n) is 11.7. The van der Waals surface area contributed by atoms with Crippen molar-refractivity contribution in [3.05, 3.63) is 16.8 Å². The Kier molecular flexibility index (Phi) is 4.94. The van der Waals surface area contributed by atoms with Gasteiger partial charge in [0.1, 0.15) is 0 Å². The zero-order chi connectivity index (χ0) is 14.5. The Balaban J connectivity index is 2.37. The number of furan rings is 1. The second kappa shape index (κ2) is 6.69. The van der Waals surface area contributed by atoms with E-state index in [1.165, 1.54) is 0 Å². The highest BCUT2D eigenvalue weighted by Crippen LogP contribution is 2.28. The Labute approximate surface area is 126 Å². The lowest BCUT2D eigenvalue weighted by Crippen LogP contribution is -2.12. The van der Waals surface area contributed by atoms with Crippen LogP contribution in [0.15, 0.2) is 21.2 Å². The second-order valence-electron chi connectivity index (χ2n) is 4.46. The van der Waals surface area contributed by atoms with Gasteiger partial charge in [0.25, 0.3) is 0 Å². The van der Waals surface area contributed by atoms with Crippen molar-refractivity contribution in [2.24, 2.45) is 0 Å². The standard InChI is InChI=1S/C13H17BrN4O2/c1-4-6-15-12-16-11(10-9(14)5-7-19-10)17-13(18-12)20-8(2)3/h5,7-8H,4,6H2,1-3H3,(H,15,16,17,18). The lowest BCUT2D eigenvalue weighted by Gasteiger charge is -2.10. The van der Waals surface area contributed by atoms with E-state index in [9.17, 15) is 0 Å². The summed E-state index contributed by atoms with van der Waals surface area (Å²) in [5.74, 6) is 1.47. The zero-order valence-corrected chi connectivity index (χ0v) is 13.3. The van der Waals surface area contributed by atoms with Crippen molar-refractivity contribution >= 4 is 21.9 Å². The van der Waals surface area contributed by atoms with Crippen LogP contribution in [0.5, 0.6) is 6.01 Å². The maximum absolute atomic E-state index is 5.55. The molecule has 0 aromatic carbocycles. The van der Waals surface area contributed by atoms with E-state index in [4.69, 9.17) is 9.15 Å². The van der Waals surface area contributed by atoms with Gasteiger partial charge in [0, 0.05) is 6.54 Å². The fourth-order valence-electron chi connectivity index (χ4n) is 1.49. The van der Waals surface area contributed by atoms with Crippen LogP contribution in [0.2, 0.25) is 0 Å². The van der Waals surface area contributed by atoms with E-state index in [0.29, 0.717) is 17.5 Å². The molecule has 2 aromatic rings. The van der Waals surface area contributed by atoms with Crippen molar-refractivity contribution in [2.45, 2.75) is 33.3 Å². The minimum atomic E-state index is -0.00989. The Morgan fingerprint density at radius 1 is 1.35 bits per heavy atom. The predicted molar refractivity (Wildman–Crippen MR) is 79.8 cm³/mol. The second-order valence-corrected chi connectivity index (χ2v) is 5.31. The summed E-state index contributed by atoms with van der Waals surface area (Å²) in [5, 5.41) is 3.13. The molecule has 6 nitrogen and oxygen atoms in total. The van der Waals surface area contributed by atoms with Crippen LogP contribution in [0.4, 0.5) is 5.95 Å². The third-order valence-corrected chi connectivity index (χ3v) is 2.93. The Morgan fingerprint density at radius 3 is 2.75 bits per heavy atom. The molecule has 0 aliphatic heterocycles. The summed E-state index contributed by atoms with van der Waals surface area (Å²) >= 11 is 3.40. The molecule has 0 spiro atoms. The molecule has 20 heavy (non-hydrogen) atoms. The highest BCUT2D eigenvalue weighted by molar-refractivity contribution is 9.10. The summed E-state index contributed by atoms with van der Waals surface area (Å²) in [6.45, 7) is 6.70. The molecule has 0 saturated heterocycles. The monoisotopic (exact) mass is 340 g/mol. The highest BCUT2D eigenvalue weighted by Gasteiger charge is 2.15. The average molecular weight is 341 g/mol. The molecular formula is C13H17BrN4O2. The van der Waals surface area contributed by atoms with Gasteiger partial charge in [0.05, 0.1) is 16.8 Å². The van der Waals surface area contributed by atoms with Crippen LogP contribution >= 0.6 is 15.9 Å². The van der Waals surface area contributed by atoms with Gasteiger partial charge in [-0.15, -0.1) is 0 Å². The van der Waals surface area contributed by atoms with E-state index in [1.54, 1.807) is 12.3 Å². The van der Waals surface area contributed by atoms with Gasteiger partial charge >= 0.3 is 6.01 Å². The Hall–Kier alpha value is -1.63. The van der Waals surface area contributed by atoms with Gasteiger partial charge in [-0.25, -0.2) is 0 Å². The van der Waals surface area contributed by atoms with Gasteiger partial charge in [-0.3, -0.25) is 0 Å². The molecule has 0 aliphatic rings. The number of hydrogen-bond donors (Lipinski definition) is 1. The molecule has 2 aromatic heterocycles. The minimum Gasteiger partial charge on any atom is -0.461 e. The van der Waals surface area contributed by atoms with E-state index >= 15 is 0 Å². The van der Waals surface area contributed by atoms with Crippen LogP contribution in [0, 0.1) is 0 Å². The summed E-state index contributed by atoms with van der Waals surface area (Å²) in [7, 11) is 0. The maximum atomic E-state index is 5.55. The molecule has 108 valence electrons. The Morgan fingerprint density at radius 2 is 2.15 bits per heavy atom. The molecule has 0 radical (unpaired) electrons. The molecule has 0 atom stereocenters. The summed E-state index contributed by atoms with van der Waals surface area (Å²) in [6.07, 6.45) is 2.54. The predicted octanol–water partition coefficient (Wildman–Crippen LogP) is 3.50. The molecule has 2 heterocycles. The fourth-order valence-corrected chi connectivity index (χ4v) is 1.87. The third-order valence-electron chi connectivity index (χ3n) is 2.31. The number of nitrogens with one attached hydrogen (secondary N) is 1. The smallest absolute Gasteiger partial charge is 0.322 e. The topological polar surface area (TPSA) is 73.1 Å². The number of ether oxygens (including phenoxy) is 1. The van der Waals surface area contributed by atoms with E-state index in [1.807, 2.05) is 13.8 Å². The maximum Gasteiger partial charge on any atom is 0.322 e. The SMILES string of the molecule is CCCNc1nc(OC(C)C)nc(-c2occc2Br)n1. The number of nitrogens with zero attached hydrogens (tertiary/aromatic N) is 3. The number of anilines is 1. The molecule has 0 bridgehead atoms. The molecule has 0 unspecified atom stereocenters. The molecule has 2 rings (SSSR count). The molecule has 0 amide bonds. The summed E-state index contributed by atoms with van der Waals surface area (Å²) in [6, 6.07) is 2.08. The van der Waals surface area contributed by atoms with Crippen LogP contribution < -0.4 is 10.1 Å². The van der Waals surface area contributed by atoms with Crippen LogP contribution in [0.25, 0.3) is 11.6 Å². The van der Waals surface area contributed by atoms with Crippen LogP contribution in [-0.4, -0.2) is 27.6 Å². The third kappa shape index (κ3) is 3.69. The fraction of sp³-hybridized carbons (Fsp3) is 0.462. The first-order chi connectivity index (χ1) is 9.60. The van der Waals surface area contributed by atoms with Crippen molar-refractivity contribution in [3.8, 4) is 17.6 Å². The summed E-state index contributed by atoms with van der Waals surface area (Å²) in [4.78, 5) is 12.9. The van der Waals surface area contributed by atoms with Gasteiger partial charge in [-0.2, -0.15) is 15.0 Å². The van der Waals surface area contributed by atoms with E-state index in [2.05, 4.69) is 43.1 Å². The first kappa shape index (κ1) is 14.8. The normalized spacial score (nSPS) is 10.8. The quantitative estimate of drug-likeness (QED) is 0.867. The summed E-state index contributed by atoms with van der Waals surface area (Å²) < 4.78 is 11.7. The van der Waals surface area contributed by atoms with Gasteiger partial charge in [0.2, 0.25) is 11.8 Å². The van der Waals surface area contributed by atoms with Gasteiger partial charge in [0.15, 0.2) is 5.76 Å². The van der Waals surface area contributed by atoms with Crippen molar-refractivity contribution in [1.82, 2.24) is 15.0 Å². The first-order valence-electron chi connectivity index (χ1n) is 6.50. The first-order valence-corrected chi connectivity index (χ1v) is 7.29. The molecule has 7 heteroatoms. The van der Waals surface area contributed by atoms with Crippen molar-refractivity contribution in [1.29, 1.82) is 0 Å². The summed E-state index contributed by atoms with van der Waals surface area (Å²) in [5.41, 5.74) is 0. The average Bonchev–Trinajstić information content (AvgIpc) is 2.81. The minimum absolute atomic E-state index is 0.00989. The largest absolute Gasteiger partial charge is 0.461 e. The molecule has 0 fully saturated rings.